The minimum atomic E-state index is -0.0908. The summed E-state index contributed by atoms with van der Waals surface area (Å²) in [6.45, 7) is 0.201. The molecule has 0 aliphatic heterocycles. The minimum absolute atomic E-state index is 0.0908. The first kappa shape index (κ1) is 13.8. The first-order valence-electron chi connectivity index (χ1n) is 5.61. The fraction of sp³-hybridized carbons (Fsp3) is 0.455. The van der Waals surface area contributed by atoms with Crippen molar-refractivity contribution < 1.29 is 10.2 Å². The van der Waals surface area contributed by atoms with Crippen molar-refractivity contribution in [1.82, 2.24) is 14.4 Å². The molecule has 2 aromatic heterocycles. The molecule has 7 heteroatoms. The number of aliphatic hydroxyl groups excluding tert-OH is 1. The van der Waals surface area contributed by atoms with Gasteiger partial charge in [0.1, 0.15) is 11.3 Å². The number of aliphatic hydroxyl groups is 1. The van der Waals surface area contributed by atoms with Gasteiger partial charge in [-0.25, -0.2) is 4.98 Å². The molecule has 5 nitrogen and oxygen atoms in total. The summed E-state index contributed by atoms with van der Waals surface area (Å²) in [5.41, 5.74) is 0.443. The highest BCUT2D eigenvalue weighted by Gasteiger charge is 2.19. The van der Waals surface area contributed by atoms with E-state index in [0.29, 0.717) is 5.52 Å². The number of rotatable bonds is 5. The second-order valence-corrected chi connectivity index (χ2v) is 5.78. The molecule has 0 saturated carbocycles. The summed E-state index contributed by atoms with van der Waals surface area (Å²) in [6, 6.07) is 0. The number of alkyl halides is 1. The van der Waals surface area contributed by atoms with Crippen LogP contribution in [0.5, 0.6) is 5.88 Å². The van der Waals surface area contributed by atoms with E-state index in [1.165, 1.54) is 0 Å². The molecule has 0 aliphatic rings. The maximum Gasteiger partial charge on any atom is 0.240 e. The second-order valence-electron chi connectivity index (χ2n) is 3.92. The van der Waals surface area contributed by atoms with Gasteiger partial charge in [0, 0.05) is 19.0 Å². The number of fused-ring (bicyclic) bond motifs is 1. The smallest absolute Gasteiger partial charge is 0.240 e. The number of imidazole rings is 1. The fourth-order valence-electron chi connectivity index (χ4n) is 1.79. The number of aromatic hydroxyl groups is 1. The first-order valence-corrected chi connectivity index (χ1v) is 7.24. The summed E-state index contributed by atoms with van der Waals surface area (Å²) in [6.07, 6.45) is 5.90. The van der Waals surface area contributed by atoms with Crippen LogP contribution in [0.1, 0.15) is 29.0 Å². The summed E-state index contributed by atoms with van der Waals surface area (Å²) in [5.74, 6) is 0.664. The van der Waals surface area contributed by atoms with E-state index in [9.17, 15) is 5.11 Å². The number of hydrogen-bond acceptors (Lipinski definition) is 4. The normalized spacial score (nSPS) is 13.1. The molecule has 0 spiro atoms. The lowest BCUT2D eigenvalue weighted by molar-refractivity contribution is 0.283. The van der Waals surface area contributed by atoms with Crippen molar-refractivity contribution in [3.05, 3.63) is 23.4 Å². The molecule has 0 bridgehead atoms. The van der Waals surface area contributed by atoms with E-state index in [1.807, 2.05) is 0 Å². The monoisotopic (exact) mass is 381 g/mol. The van der Waals surface area contributed by atoms with Gasteiger partial charge in [-0.1, -0.05) is 34.2 Å². The molecular weight excluding hydrogens is 368 g/mol. The molecule has 0 unspecified atom stereocenters. The van der Waals surface area contributed by atoms with Gasteiger partial charge in [0.25, 0.3) is 0 Å². The van der Waals surface area contributed by atoms with Gasteiger partial charge < -0.3 is 10.2 Å². The Hall–Kier alpha value is -0.600. The Morgan fingerprint density at radius 1 is 1.44 bits per heavy atom. The number of nitrogens with zero attached hydrogens (tertiary/aromatic N) is 3. The second kappa shape index (κ2) is 6.03. The summed E-state index contributed by atoms with van der Waals surface area (Å²) in [7, 11) is 0. The van der Waals surface area contributed by atoms with Gasteiger partial charge in [-0.2, -0.15) is 4.98 Å². The molecule has 2 rings (SSSR count). The number of hydrogen-bond donors (Lipinski definition) is 2. The molecule has 18 heavy (non-hydrogen) atoms. The lowest BCUT2D eigenvalue weighted by Gasteiger charge is -2.08. The highest BCUT2D eigenvalue weighted by molar-refractivity contribution is 14.1. The first-order chi connectivity index (χ1) is 8.65. The summed E-state index contributed by atoms with van der Waals surface area (Å²) in [4.78, 5) is 8.08. The third-order valence-corrected chi connectivity index (χ3v) is 4.12. The van der Waals surface area contributed by atoms with Crippen molar-refractivity contribution in [2.24, 2.45) is 0 Å². The highest BCUT2D eigenvalue weighted by atomic mass is 127. The molecule has 0 saturated heterocycles. The van der Waals surface area contributed by atoms with Crippen molar-refractivity contribution in [2.75, 3.05) is 6.61 Å². The van der Waals surface area contributed by atoms with Gasteiger partial charge >= 0.3 is 0 Å². The van der Waals surface area contributed by atoms with Crippen LogP contribution >= 0.6 is 34.2 Å². The van der Waals surface area contributed by atoms with E-state index in [1.54, 1.807) is 16.8 Å². The summed E-state index contributed by atoms with van der Waals surface area (Å²) >= 11 is 8.22. The molecule has 98 valence electrons. The highest BCUT2D eigenvalue weighted by Crippen LogP contribution is 2.33. The molecule has 2 heterocycles. The lowest BCUT2D eigenvalue weighted by Crippen LogP contribution is -1.99. The molecule has 1 atom stereocenters. The Bertz CT molecular complexity index is 546. The van der Waals surface area contributed by atoms with E-state index in [0.717, 1.165) is 25.1 Å². The van der Waals surface area contributed by atoms with Gasteiger partial charge in [0.15, 0.2) is 5.15 Å². The van der Waals surface area contributed by atoms with Crippen molar-refractivity contribution in [1.29, 1.82) is 0 Å². The summed E-state index contributed by atoms with van der Waals surface area (Å²) < 4.78 is 1.92. The molecule has 2 N–H and O–H groups in total. The zero-order valence-corrected chi connectivity index (χ0v) is 12.5. The SMILES string of the molecule is OCCCC[C@@H](I)c1nc(O)c2c(Cl)nccn12. The Morgan fingerprint density at radius 3 is 2.94 bits per heavy atom. The van der Waals surface area contributed by atoms with E-state index >= 15 is 0 Å². The van der Waals surface area contributed by atoms with Crippen LogP contribution in [0.25, 0.3) is 5.52 Å². The maximum atomic E-state index is 9.79. The Balaban J connectivity index is 2.31. The van der Waals surface area contributed by atoms with Crippen molar-refractivity contribution in [3.8, 4) is 5.88 Å². The van der Waals surface area contributed by atoms with Gasteiger partial charge in [-0.15, -0.1) is 0 Å². The number of unbranched alkanes of at least 4 members (excludes halogenated alkanes) is 1. The molecular formula is C11H13ClIN3O2. The van der Waals surface area contributed by atoms with Crippen LogP contribution in [-0.2, 0) is 0 Å². The Labute approximate surface area is 123 Å². The lowest BCUT2D eigenvalue weighted by atomic mass is 10.2. The van der Waals surface area contributed by atoms with Gasteiger partial charge in [0.2, 0.25) is 5.88 Å². The topological polar surface area (TPSA) is 70.7 Å². The maximum absolute atomic E-state index is 9.79. The van der Waals surface area contributed by atoms with E-state index in [4.69, 9.17) is 16.7 Å². The Morgan fingerprint density at radius 2 is 2.22 bits per heavy atom. The predicted octanol–water partition coefficient (Wildman–Crippen LogP) is 2.73. The zero-order chi connectivity index (χ0) is 13.1. The van der Waals surface area contributed by atoms with E-state index in [2.05, 4.69) is 32.6 Å². The fourth-order valence-corrected chi connectivity index (χ4v) is 2.90. The van der Waals surface area contributed by atoms with Gasteiger partial charge in [-0.05, 0) is 19.3 Å². The standard InChI is InChI=1S/C11H13ClIN3O2/c12-9-8-11(18)15-10(16(8)5-4-14-9)7(13)3-1-2-6-17/h4-5,7,17-18H,1-3,6H2/t7-/m1/s1. The average molecular weight is 382 g/mol. The van der Waals surface area contributed by atoms with E-state index < -0.39 is 0 Å². The van der Waals surface area contributed by atoms with Crippen LogP contribution in [0.2, 0.25) is 5.15 Å². The molecule has 0 radical (unpaired) electrons. The quantitative estimate of drug-likeness (QED) is 0.475. The molecule has 0 aromatic carbocycles. The van der Waals surface area contributed by atoms with E-state index in [-0.39, 0.29) is 21.6 Å². The van der Waals surface area contributed by atoms with Gasteiger partial charge in [0.05, 0.1) is 3.92 Å². The third-order valence-electron chi connectivity index (χ3n) is 2.66. The van der Waals surface area contributed by atoms with Gasteiger partial charge in [-0.3, -0.25) is 4.40 Å². The molecule has 0 aliphatic carbocycles. The van der Waals surface area contributed by atoms with Crippen LogP contribution in [-0.4, -0.2) is 31.2 Å². The zero-order valence-electron chi connectivity index (χ0n) is 9.55. The number of aromatic nitrogens is 3. The third kappa shape index (κ3) is 2.70. The molecule has 2 aromatic rings. The van der Waals surface area contributed by atoms with Crippen LogP contribution in [0.3, 0.4) is 0 Å². The minimum Gasteiger partial charge on any atom is -0.492 e. The van der Waals surface area contributed by atoms with Crippen molar-refractivity contribution in [2.45, 2.75) is 23.2 Å². The van der Waals surface area contributed by atoms with Crippen LogP contribution in [0.4, 0.5) is 0 Å². The molecule has 0 amide bonds. The molecule has 0 fully saturated rings. The van der Waals surface area contributed by atoms with Crippen LogP contribution < -0.4 is 0 Å². The average Bonchev–Trinajstić information content (AvgIpc) is 2.68. The summed E-state index contributed by atoms with van der Waals surface area (Å²) in [5, 5.41) is 18.8. The van der Waals surface area contributed by atoms with Crippen LogP contribution in [0.15, 0.2) is 12.4 Å². The van der Waals surface area contributed by atoms with Crippen molar-refractivity contribution >= 4 is 39.7 Å². The van der Waals surface area contributed by atoms with Crippen LogP contribution in [0, 0.1) is 0 Å². The predicted molar refractivity (Wildman–Crippen MR) is 77.4 cm³/mol. The van der Waals surface area contributed by atoms with Crippen molar-refractivity contribution in [3.63, 3.8) is 0 Å². The Kier molecular flexibility index (Phi) is 4.63. The largest absolute Gasteiger partial charge is 0.492 e. The number of halogens is 2.